The lowest BCUT2D eigenvalue weighted by atomic mass is 10.1. The second-order valence-corrected chi connectivity index (χ2v) is 4.63. The first kappa shape index (κ1) is 15.1. The lowest BCUT2D eigenvalue weighted by Crippen LogP contribution is -2.25. The SMILES string of the molecule is CC(C)CCCOC(=O)C(=O)Nc1ccc(F)cc1. The molecule has 0 aliphatic heterocycles. The summed E-state index contributed by atoms with van der Waals surface area (Å²) in [6.45, 7) is 4.37. The molecule has 0 saturated heterocycles. The van der Waals surface area contributed by atoms with Crippen molar-refractivity contribution in [3.05, 3.63) is 30.1 Å². The summed E-state index contributed by atoms with van der Waals surface area (Å²) in [6, 6.07) is 5.14. The molecular formula is C14H18FNO3. The summed E-state index contributed by atoms with van der Waals surface area (Å²) >= 11 is 0. The third-order valence-corrected chi connectivity index (χ3v) is 2.45. The molecule has 0 heterocycles. The van der Waals surface area contributed by atoms with Crippen molar-refractivity contribution in [3.8, 4) is 0 Å². The first-order chi connectivity index (χ1) is 8.99. The van der Waals surface area contributed by atoms with E-state index in [1.807, 2.05) is 0 Å². The molecule has 1 N–H and O–H groups in total. The summed E-state index contributed by atoms with van der Waals surface area (Å²) < 4.78 is 17.5. The molecule has 0 aromatic heterocycles. The van der Waals surface area contributed by atoms with Crippen molar-refractivity contribution in [2.75, 3.05) is 11.9 Å². The van der Waals surface area contributed by atoms with Crippen LogP contribution in [0.15, 0.2) is 24.3 Å². The number of ether oxygens (including phenoxy) is 1. The largest absolute Gasteiger partial charge is 0.459 e. The van der Waals surface area contributed by atoms with Gasteiger partial charge in [-0.25, -0.2) is 9.18 Å². The molecule has 1 rings (SSSR count). The van der Waals surface area contributed by atoms with Gasteiger partial charge in [0.15, 0.2) is 0 Å². The summed E-state index contributed by atoms with van der Waals surface area (Å²) in [5.41, 5.74) is 0.352. The van der Waals surface area contributed by atoms with Crippen molar-refractivity contribution in [3.63, 3.8) is 0 Å². The molecule has 0 aliphatic carbocycles. The van der Waals surface area contributed by atoms with Gasteiger partial charge in [-0.2, -0.15) is 0 Å². The first-order valence-corrected chi connectivity index (χ1v) is 6.22. The van der Waals surface area contributed by atoms with Crippen LogP contribution in [0.3, 0.4) is 0 Å². The number of carbonyl (C=O) groups excluding carboxylic acids is 2. The Morgan fingerprint density at radius 2 is 1.89 bits per heavy atom. The van der Waals surface area contributed by atoms with Crippen molar-refractivity contribution >= 4 is 17.6 Å². The highest BCUT2D eigenvalue weighted by molar-refractivity contribution is 6.37. The zero-order valence-corrected chi connectivity index (χ0v) is 11.1. The summed E-state index contributed by atoms with van der Waals surface area (Å²) in [6.07, 6.45) is 1.67. The monoisotopic (exact) mass is 267 g/mol. The molecule has 104 valence electrons. The molecule has 0 saturated carbocycles. The minimum absolute atomic E-state index is 0.230. The number of carbonyl (C=O) groups is 2. The van der Waals surface area contributed by atoms with Gasteiger partial charge in [-0.3, -0.25) is 4.79 Å². The standard InChI is InChI=1S/C14H18FNO3/c1-10(2)4-3-9-19-14(18)13(17)16-12-7-5-11(15)6-8-12/h5-8,10H,3-4,9H2,1-2H3,(H,16,17). The molecule has 1 aromatic rings. The maximum absolute atomic E-state index is 12.6. The second-order valence-electron chi connectivity index (χ2n) is 4.63. The van der Waals surface area contributed by atoms with Crippen LogP contribution in [0.25, 0.3) is 0 Å². The van der Waals surface area contributed by atoms with Crippen LogP contribution in [0.1, 0.15) is 26.7 Å². The number of nitrogens with one attached hydrogen (secondary N) is 1. The van der Waals surface area contributed by atoms with Crippen LogP contribution in [-0.2, 0) is 14.3 Å². The Morgan fingerprint density at radius 1 is 1.26 bits per heavy atom. The van der Waals surface area contributed by atoms with E-state index in [0.29, 0.717) is 11.6 Å². The van der Waals surface area contributed by atoms with Crippen LogP contribution < -0.4 is 5.32 Å². The number of esters is 1. The average molecular weight is 267 g/mol. The van der Waals surface area contributed by atoms with E-state index in [2.05, 4.69) is 19.2 Å². The smallest absolute Gasteiger partial charge is 0.397 e. The molecule has 5 heteroatoms. The molecular weight excluding hydrogens is 249 g/mol. The Hall–Kier alpha value is -1.91. The molecule has 4 nitrogen and oxygen atoms in total. The van der Waals surface area contributed by atoms with Crippen molar-refractivity contribution in [1.82, 2.24) is 0 Å². The van der Waals surface area contributed by atoms with Crippen molar-refractivity contribution in [1.29, 1.82) is 0 Å². The molecule has 0 bridgehead atoms. The van der Waals surface area contributed by atoms with Crippen molar-refractivity contribution in [2.24, 2.45) is 5.92 Å². The summed E-state index contributed by atoms with van der Waals surface area (Å²) in [5, 5.41) is 2.34. The van der Waals surface area contributed by atoms with Gasteiger partial charge >= 0.3 is 11.9 Å². The first-order valence-electron chi connectivity index (χ1n) is 6.22. The molecule has 0 radical (unpaired) electrons. The van der Waals surface area contributed by atoms with Gasteiger partial charge in [-0.1, -0.05) is 13.8 Å². The van der Waals surface area contributed by atoms with E-state index < -0.39 is 17.7 Å². The van der Waals surface area contributed by atoms with Crippen LogP contribution >= 0.6 is 0 Å². The number of hydrogen-bond donors (Lipinski definition) is 1. The lowest BCUT2D eigenvalue weighted by molar-refractivity contribution is -0.152. The van der Waals surface area contributed by atoms with E-state index in [1.165, 1.54) is 24.3 Å². The highest BCUT2D eigenvalue weighted by atomic mass is 19.1. The highest BCUT2D eigenvalue weighted by Gasteiger charge is 2.15. The summed E-state index contributed by atoms with van der Waals surface area (Å²) in [7, 11) is 0. The van der Waals surface area contributed by atoms with E-state index in [1.54, 1.807) is 0 Å². The van der Waals surface area contributed by atoms with Gasteiger partial charge in [0.2, 0.25) is 0 Å². The van der Waals surface area contributed by atoms with Crippen LogP contribution in [-0.4, -0.2) is 18.5 Å². The number of amides is 1. The Balaban J connectivity index is 2.32. The van der Waals surface area contributed by atoms with Gasteiger partial charge in [-0.05, 0) is 43.0 Å². The van der Waals surface area contributed by atoms with E-state index >= 15 is 0 Å². The molecule has 1 amide bonds. The van der Waals surface area contributed by atoms with Crippen molar-refractivity contribution in [2.45, 2.75) is 26.7 Å². The fourth-order valence-electron chi connectivity index (χ4n) is 1.44. The molecule has 0 aliphatic rings. The van der Waals surface area contributed by atoms with Gasteiger partial charge in [0.05, 0.1) is 6.61 Å². The zero-order valence-electron chi connectivity index (χ0n) is 11.1. The molecule has 0 atom stereocenters. The summed E-state index contributed by atoms with van der Waals surface area (Å²) in [4.78, 5) is 22.8. The van der Waals surface area contributed by atoms with Gasteiger partial charge in [0.1, 0.15) is 5.82 Å². The Morgan fingerprint density at radius 3 is 2.47 bits per heavy atom. The van der Waals surface area contributed by atoms with E-state index in [0.717, 1.165) is 12.8 Å². The average Bonchev–Trinajstić information content (AvgIpc) is 2.36. The predicted octanol–water partition coefficient (Wildman–Crippen LogP) is 2.74. The molecule has 1 aromatic carbocycles. The number of anilines is 1. The second kappa shape index (κ2) is 7.51. The van der Waals surface area contributed by atoms with Gasteiger partial charge in [0.25, 0.3) is 0 Å². The highest BCUT2D eigenvalue weighted by Crippen LogP contribution is 2.08. The Kier molecular flexibility index (Phi) is 5.99. The number of hydrogen-bond acceptors (Lipinski definition) is 3. The molecule has 19 heavy (non-hydrogen) atoms. The minimum Gasteiger partial charge on any atom is -0.459 e. The number of halogens is 1. The van der Waals surface area contributed by atoms with Crippen LogP contribution in [0, 0.1) is 11.7 Å². The van der Waals surface area contributed by atoms with Gasteiger partial charge < -0.3 is 10.1 Å². The minimum atomic E-state index is -0.923. The van der Waals surface area contributed by atoms with Crippen molar-refractivity contribution < 1.29 is 18.7 Å². The predicted molar refractivity (Wildman–Crippen MR) is 70.1 cm³/mol. The molecule has 0 fully saturated rings. The third-order valence-electron chi connectivity index (χ3n) is 2.45. The maximum atomic E-state index is 12.6. The van der Waals surface area contributed by atoms with Gasteiger partial charge in [-0.15, -0.1) is 0 Å². The van der Waals surface area contributed by atoms with Crippen LogP contribution in [0.4, 0.5) is 10.1 Å². The van der Waals surface area contributed by atoms with Crippen LogP contribution in [0.5, 0.6) is 0 Å². The third kappa shape index (κ3) is 5.99. The molecule has 0 unspecified atom stereocenters. The Bertz CT molecular complexity index is 429. The Labute approximate surface area is 112 Å². The van der Waals surface area contributed by atoms with Gasteiger partial charge in [0, 0.05) is 5.69 Å². The fourth-order valence-corrected chi connectivity index (χ4v) is 1.44. The van der Waals surface area contributed by atoms with E-state index in [4.69, 9.17) is 4.74 Å². The zero-order chi connectivity index (χ0) is 14.3. The maximum Gasteiger partial charge on any atom is 0.397 e. The number of rotatable bonds is 5. The van der Waals surface area contributed by atoms with E-state index in [9.17, 15) is 14.0 Å². The fraction of sp³-hybridized carbons (Fsp3) is 0.429. The normalized spacial score (nSPS) is 10.3. The summed E-state index contributed by atoms with van der Waals surface area (Å²) in [5.74, 6) is -1.65. The quantitative estimate of drug-likeness (QED) is 0.507. The lowest BCUT2D eigenvalue weighted by Gasteiger charge is -2.07. The molecule has 0 spiro atoms. The van der Waals surface area contributed by atoms with Crippen LogP contribution in [0.2, 0.25) is 0 Å². The topological polar surface area (TPSA) is 55.4 Å². The van der Waals surface area contributed by atoms with E-state index in [-0.39, 0.29) is 6.61 Å². The number of benzene rings is 1.